The van der Waals surface area contributed by atoms with Crippen LogP contribution >= 0.6 is 11.6 Å². The van der Waals surface area contributed by atoms with E-state index < -0.39 is 0 Å². The highest BCUT2D eigenvalue weighted by Gasteiger charge is 2.17. The van der Waals surface area contributed by atoms with E-state index in [2.05, 4.69) is 4.57 Å². The number of hydrogen-bond donors (Lipinski definition) is 0. The molecule has 0 saturated heterocycles. The smallest absolute Gasteiger partial charge is 0.232 e. The Morgan fingerprint density at radius 1 is 1.04 bits per heavy atom. The predicted octanol–water partition coefficient (Wildman–Crippen LogP) is 5.66. The molecule has 0 radical (unpaired) electrons. The summed E-state index contributed by atoms with van der Waals surface area (Å²) in [7, 11) is 0. The van der Waals surface area contributed by atoms with Gasteiger partial charge in [-0.3, -0.25) is 0 Å². The lowest BCUT2D eigenvalue weighted by molar-refractivity contribution is 0.490. The minimum Gasteiger partial charge on any atom is -0.438 e. The molecule has 0 fully saturated rings. The highest BCUT2D eigenvalue weighted by molar-refractivity contribution is 6.30. The van der Waals surface area contributed by atoms with E-state index in [4.69, 9.17) is 26.0 Å². The molecule has 5 rings (SSSR count). The molecular weight excluding hydrogens is 377 g/mol. The van der Waals surface area contributed by atoms with Crippen molar-refractivity contribution in [2.45, 2.75) is 25.8 Å². The molecule has 2 aromatic carbocycles. The van der Waals surface area contributed by atoms with E-state index >= 15 is 0 Å². The Morgan fingerprint density at radius 3 is 2.61 bits per heavy atom. The van der Waals surface area contributed by atoms with Crippen LogP contribution in [0.1, 0.15) is 18.7 Å². The zero-order valence-electron chi connectivity index (χ0n) is 15.0. The zero-order chi connectivity index (χ0) is 19.1. The number of furan rings is 1. The number of aryl methyl sites for hydroxylation is 1. The summed E-state index contributed by atoms with van der Waals surface area (Å²) in [5.74, 6) is 1.35. The third kappa shape index (κ3) is 3.12. The van der Waals surface area contributed by atoms with Crippen LogP contribution in [0, 0.1) is 5.82 Å². The zero-order valence-corrected chi connectivity index (χ0v) is 15.8. The Hall–Kier alpha value is -2.92. The van der Waals surface area contributed by atoms with Crippen molar-refractivity contribution >= 4 is 28.4 Å². The van der Waals surface area contributed by atoms with E-state index in [1.807, 2.05) is 30.3 Å². The maximum absolute atomic E-state index is 13.3. The second kappa shape index (κ2) is 6.91. The van der Waals surface area contributed by atoms with Gasteiger partial charge in [0.15, 0.2) is 0 Å². The van der Waals surface area contributed by atoms with Gasteiger partial charge in [0.2, 0.25) is 5.71 Å². The Bertz CT molecular complexity index is 1220. The highest BCUT2D eigenvalue weighted by atomic mass is 35.5. The van der Waals surface area contributed by atoms with Gasteiger partial charge in [-0.05, 0) is 67.4 Å². The third-order valence-corrected chi connectivity index (χ3v) is 5.23. The number of hydrogen-bond acceptors (Lipinski definition) is 3. The first-order valence-corrected chi connectivity index (χ1v) is 9.65. The lowest BCUT2D eigenvalue weighted by Gasteiger charge is -2.18. The maximum Gasteiger partial charge on any atom is 0.232 e. The molecule has 0 spiro atoms. The molecule has 0 N–H and O–H groups in total. The quantitative estimate of drug-likeness (QED) is 0.441. The average molecular weight is 394 g/mol. The Balaban J connectivity index is 1.76. The van der Waals surface area contributed by atoms with Gasteiger partial charge in [-0.15, -0.1) is 0 Å². The van der Waals surface area contributed by atoms with Crippen LogP contribution in [0.25, 0.3) is 22.4 Å². The SMILES string of the molecule is Fc1ccc(-c2cc3/c(=N\c4ccc(Cl)cc4)n4c(nc3o2)CCCC4)cc1. The highest BCUT2D eigenvalue weighted by Crippen LogP contribution is 2.27. The lowest BCUT2D eigenvalue weighted by Crippen LogP contribution is -2.28. The van der Waals surface area contributed by atoms with Crippen molar-refractivity contribution in [1.29, 1.82) is 0 Å². The van der Waals surface area contributed by atoms with Gasteiger partial charge in [-0.2, -0.15) is 4.98 Å². The fraction of sp³-hybridized carbons (Fsp3) is 0.182. The molecule has 1 aliphatic heterocycles. The number of aromatic nitrogens is 2. The van der Waals surface area contributed by atoms with Gasteiger partial charge in [-0.1, -0.05) is 11.6 Å². The molecule has 0 bridgehead atoms. The van der Waals surface area contributed by atoms with Crippen LogP contribution in [0.2, 0.25) is 5.02 Å². The molecule has 28 heavy (non-hydrogen) atoms. The summed E-state index contributed by atoms with van der Waals surface area (Å²) in [4.78, 5) is 9.63. The van der Waals surface area contributed by atoms with Crippen molar-refractivity contribution in [3.63, 3.8) is 0 Å². The van der Waals surface area contributed by atoms with Crippen LogP contribution in [0.4, 0.5) is 10.1 Å². The van der Waals surface area contributed by atoms with Crippen LogP contribution in [0.5, 0.6) is 0 Å². The minimum absolute atomic E-state index is 0.276. The predicted molar refractivity (Wildman–Crippen MR) is 107 cm³/mol. The van der Waals surface area contributed by atoms with Crippen molar-refractivity contribution in [3.05, 3.63) is 76.7 Å². The molecule has 3 heterocycles. The van der Waals surface area contributed by atoms with Crippen molar-refractivity contribution in [3.8, 4) is 11.3 Å². The maximum atomic E-state index is 13.3. The van der Waals surface area contributed by atoms with Gasteiger partial charge < -0.3 is 8.98 Å². The molecule has 0 unspecified atom stereocenters. The van der Waals surface area contributed by atoms with Crippen LogP contribution in [0.15, 0.2) is 64.0 Å². The Morgan fingerprint density at radius 2 is 1.82 bits per heavy atom. The summed E-state index contributed by atoms with van der Waals surface area (Å²) in [5, 5.41) is 1.52. The number of nitrogens with zero attached hydrogens (tertiary/aromatic N) is 3. The van der Waals surface area contributed by atoms with Crippen LogP contribution < -0.4 is 5.49 Å². The van der Waals surface area contributed by atoms with Crippen molar-refractivity contribution in [2.24, 2.45) is 4.99 Å². The summed E-state index contributed by atoms with van der Waals surface area (Å²) in [6.45, 7) is 0.877. The third-order valence-electron chi connectivity index (χ3n) is 4.97. The molecule has 0 amide bonds. The van der Waals surface area contributed by atoms with E-state index in [0.29, 0.717) is 16.5 Å². The Kier molecular flexibility index (Phi) is 4.24. The fourth-order valence-corrected chi connectivity index (χ4v) is 3.69. The molecule has 6 heteroatoms. The number of fused-ring (bicyclic) bond motifs is 2. The number of rotatable bonds is 2. The van der Waals surface area contributed by atoms with Gasteiger partial charge in [0.1, 0.15) is 22.9 Å². The molecule has 140 valence electrons. The second-order valence-electron chi connectivity index (χ2n) is 6.88. The summed E-state index contributed by atoms with van der Waals surface area (Å²) in [6.07, 6.45) is 3.09. The van der Waals surface area contributed by atoms with Crippen LogP contribution in [0.3, 0.4) is 0 Å². The topological polar surface area (TPSA) is 43.3 Å². The molecule has 4 nitrogen and oxygen atoms in total. The Labute approximate surface area is 165 Å². The molecule has 4 aromatic rings. The van der Waals surface area contributed by atoms with Gasteiger partial charge >= 0.3 is 0 Å². The van der Waals surface area contributed by atoms with E-state index in [1.54, 1.807) is 12.1 Å². The molecular formula is C22H17ClFN3O. The number of halogens is 2. The molecule has 0 saturated carbocycles. The first-order valence-electron chi connectivity index (χ1n) is 9.27. The summed E-state index contributed by atoms with van der Waals surface area (Å²) in [6, 6.07) is 15.6. The van der Waals surface area contributed by atoms with Crippen LogP contribution in [-0.2, 0) is 13.0 Å². The lowest BCUT2D eigenvalue weighted by atomic mass is 10.1. The summed E-state index contributed by atoms with van der Waals surface area (Å²) >= 11 is 6.01. The summed E-state index contributed by atoms with van der Waals surface area (Å²) in [5.41, 5.74) is 3.01. The monoisotopic (exact) mass is 393 g/mol. The fourth-order valence-electron chi connectivity index (χ4n) is 3.56. The van der Waals surface area contributed by atoms with E-state index in [1.165, 1.54) is 12.1 Å². The van der Waals surface area contributed by atoms with Gasteiger partial charge in [-0.25, -0.2) is 9.38 Å². The first kappa shape index (κ1) is 17.2. The minimum atomic E-state index is -0.276. The van der Waals surface area contributed by atoms with Gasteiger partial charge in [0, 0.05) is 23.6 Å². The van der Waals surface area contributed by atoms with Gasteiger partial charge in [0.25, 0.3) is 0 Å². The number of benzene rings is 2. The standard InChI is InChI=1S/C22H17ClFN3O/c23-15-6-10-17(11-7-15)25-21-18-13-19(14-4-8-16(24)9-5-14)28-22(18)26-20-3-1-2-12-27(20)21/h4-11,13H,1-3,12H2/b25-21+. The van der Waals surface area contributed by atoms with Crippen molar-refractivity contribution in [2.75, 3.05) is 0 Å². The van der Waals surface area contributed by atoms with E-state index in [9.17, 15) is 4.39 Å². The van der Waals surface area contributed by atoms with Crippen molar-refractivity contribution in [1.82, 2.24) is 9.55 Å². The van der Waals surface area contributed by atoms with Crippen LogP contribution in [-0.4, -0.2) is 9.55 Å². The average Bonchev–Trinajstić information content (AvgIpc) is 3.14. The first-order chi connectivity index (χ1) is 13.7. The van der Waals surface area contributed by atoms with E-state index in [0.717, 1.165) is 53.8 Å². The van der Waals surface area contributed by atoms with Gasteiger partial charge in [0.05, 0.1) is 11.1 Å². The van der Waals surface area contributed by atoms with Crippen molar-refractivity contribution < 1.29 is 8.81 Å². The second-order valence-corrected chi connectivity index (χ2v) is 7.32. The largest absolute Gasteiger partial charge is 0.438 e. The van der Waals surface area contributed by atoms with E-state index in [-0.39, 0.29) is 5.82 Å². The summed E-state index contributed by atoms with van der Waals surface area (Å²) < 4.78 is 21.5. The molecule has 1 aliphatic rings. The molecule has 0 aliphatic carbocycles. The molecule has 2 aromatic heterocycles. The normalized spacial score (nSPS) is 14.4. The molecule has 0 atom stereocenters.